The summed E-state index contributed by atoms with van der Waals surface area (Å²) in [6.45, 7) is 0.983. The molecular formula is C19H21N5O. The first-order valence-corrected chi connectivity index (χ1v) is 8.21. The molecule has 1 aromatic carbocycles. The average Bonchev–Trinajstić information content (AvgIpc) is 3.02. The number of pyridine rings is 1. The third-order valence-corrected chi connectivity index (χ3v) is 3.88. The molecule has 6 heteroatoms. The molecule has 3 rings (SSSR count). The number of urea groups is 1. The van der Waals surface area contributed by atoms with Crippen LogP contribution >= 0.6 is 0 Å². The number of aryl methyl sites for hydroxylation is 1. The second-order valence-corrected chi connectivity index (χ2v) is 5.73. The van der Waals surface area contributed by atoms with Crippen LogP contribution < -0.4 is 10.6 Å². The predicted molar refractivity (Wildman–Crippen MR) is 96.8 cm³/mol. The van der Waals surface area contributed by atoms with Crippen molar-refractivity contribution in [1.29, 1.82) is 0 Å². The first-order valence-electron chi connectivity index (χ1n) is 8.21. The average molecular weight is 335 g/mol. The Morgan fingerprint density at radius 2 is 1.84 bits per heavy atom. The van der Waals surface area contributed by atoms with Crippen LogP contribution in [0.3, 0.4) is 0 Å². The standard InChI is InChI=1S/C19H21N5O/c1-24-18(16-8-10-20-11-9-16)13-17(23-24)14-22-19(25)21-12-7-15-5-3-2-4-6-15/h2-6,8-11,13H,7,12,14H2,1H3,(H2,21,22,25). The highest BCUT2D eigenvalue weighted by molar-refractivity contribution is 5.73. The van der Waals surface area contributed by atoms with Crippen LogP contribution in [0.1, 0.15) is 11.3 Å². The molecule has 128 valence electrons. The highest BCUT2D eigenvalue weighted by Crippen LogP contribution is 2.18. The molecule has 0 unspecified atom stereocenters. The maximum absolute atomic E-state index is 11.9. The first kappa shape index (κ1) is 16.7. The molecule has 0 radical (unpaired) electrons. The molecule has 0 saturated carbocycles. The summed E-state index contributed by atoms with van der Waals surface area (Å²) in [4.78, 5) is 15.9. The zero-order valence-corrected chi connectivity index (χ0v) is 14.1. The maximum atomic E-state index is 11.9. The van der Waals surface area contributed by atoms with Crippen molar-refractivity contribution >= 4 is 6.03 Å². The molecule has 0 spiro atoms. The van der Waals surface area contributed by atoms with E-state index in [0.29, 0.717) is 13.1 Å². The molecule has 0 aliphatic carbocycles. The van der Waals surface area contributed by atoms with Gasteiger partial charge in [-0.2, -0.15) is 5.10 Å². The summed E-state index contributed by atoms with van der Waals surface area (Å²) < 4.78 is 1.81. The Hall–Kier alpha value is -3.15. The van der Waals surface area contributed by atoms with E-state index in [-0.39, 0.29) is 6.03 Å². The monoisotopic (exact) mass is 335 g/mol. The van der Waals surface area contributed by atoms with E-state index in [1.54, 1.807) is 17.1 Å². The van der Waals surface area contributed by atoms with E-state index in [4.69, 9.17) is 0 Å². The molecule has 0 aliphatic rings. The Balaban J connectivity index is 1.48. The molecule has 2 amide bonds. The summed E-state index contributed by atoms with van der Waals surface area (Å²) in [5.74, 6) is 0. The fourth-order valence-electron chi connectivity index (χ4n) is 2.60. The van der Waals surface area contributed by atoms with Gasteiger partial charge in [-0.1, -0.05) is 30.3 Å². The molecule has 0 atom stereocenters. The van der Waals surface area contributed by atoms with E-state index in [2.05, 4.69) is 20.7 Å². The van der Waals surface area contributed by atoms with Gasteiger partial charge in [0, 0.05) is 31.5 Å². The van der Waals surface area contributed by atoms with Crippen molar-refractivity contribution < 1.29 is 4.79 Å². The Morgan fingerprint density at radius 3 is 2.60 bits per heavy atom. The molecule has 0 saturated heterocycles. The van der Waals surface area contributed by atoms with E-state index in [1.807, 2.05) is 55.6 Å². The second-order valence-electron chi connectivity index (χ2n) is 5.73. The SMILES string of the molecule is Cn1nc(CNC(=O)NCCc2ccccc2)cc1-c1ccncc1. The predicted octanol–water partition coefficient (Wildman–Crippen LogP) is 2.52. The van der Waals surface area contributed by atoms with E-state index in [9.17, 15) is 4.79 Å². The van der Waals surface area contributed by atoms with Gasteiger partial charge in [0.1, 0.15) is 0 Å². The summed E-state index contributed by atoms with van der Waals surface area (Å²) in [7, 11) is 1.89. The number of benzene rings is 1. The van der Waals surface area contributed by atoms with Crippen molar-refractivity contribution in [1.82, 2.24) is 25.4 Å². The first-order chi connectivity index (χ1) is 12.2. The van der Waals surface area contributed by atoms with Crippen LogP contribution in [0.2, 0.25) is 0 Å². The molecule has 2 heterocycles. The minimum Gasteiger partial charge on any atom is -0.338 e. The van der Waals surface area contributed by atoms with Gasteiger partial charge in [-0.25, -0.2) is 4.79 Å². The number of carbonyl (C=O) groups is 1. The van der Waals surface area contributed by atoms with Crippen molar-refractivity contribution in [3.63, 3.8) is 0 Å². The molecule has 2 N–H and O–H groups in total. The number of nitrogens with zero attached hydrogens (tertiary/aromatic N) is 3. The number of carbonyl (C=O) groups excluding carboxylic acids is 1. The molecular weight excluding hydrogens is 314 g/mol. The topological polar surface area (TPSA) is 71.8 Å². The third-order valence-electron chi connectivity index (χ3n) is 3.88. The van der Waals surface area contributed by atoms with Crippen molar-refractivity contribution in [3.8, 4) is 11.3 Å². The normalized spacial score (nSPS) is 10.4. The van der Waals surface area contributed by atoms with Gasteiger partial charge < -0.3 is 10.6 Å². The lowest BCUT2D eigenvalue weighted by Gasteiger charge is -2.06. The van der Waals surface area contributed by atoms with Gasteiger partial charge in [-0.05, 0) is 30.2 Å². The molecule has 0 aliphatic heterocycles. The van der Waals surface area contributed by atoms with Crippen LogP contribution in [-0.4, -0.2) is 27.3 Å². The summed E-state index contributed by atoms with van der Waals surface area (Å²) in [6, 6.07) is 15.7. The highest BCUT2D eigenvalue weighted by atomic mass is 16.2. The molecule has 0 bridgehead atoms. The maximum Gasteiger partial charge on any atom is 0.315 e. The molecule has 25 heavy (non-hydrogen) atoms. The van der Waals surface area contributed by atoms with Crippen LogP contribution in [0, 0.1) is 0 Å². The van der Waals surface area contributed by atoms with Gasteiger partial charge in [-0.15, -0.1) is 0 Å². The van der Waals surface area contributed by atoms with Gasteiger partial charge >= 0.3 is 6.03 Å². The summed E-state index contributed by atoms with van der Waals surface area (Å²) in [6.07, 6.45) is 4.31. The quantitative estimate of drug-likeness (QED) is 0.727. The summed E-state index contributed by atoms with van der Waals surface area (Å²) >= 11 is 0. The molecule has 2 aromatic heterocycles. The van der Waals surface area contributed by atoms with Gasteiger partial charge in [0.2, 0.25) is 0 Å². The molecule has 3 aromatic rings. The van der Waals surface area contributed by atoms with Gasteiger partial charge in [0.05, 0.1) is 17.9 Å². The van der Waals surface area contributed by atoms with E-state index in [1.165, 1.54) is 5.56 Å². The Bertz CT molecular complexity index is 814. The van der Waals surface area contributed by atoms with Crippen LogP contribution in [0.4, 0.5) is 4.79 Å². The zero-order valence-electron chi connectivity index (χ0n) is 14.1. The number of hydrogen-bond donors (Lipinski definition) is 2. The van der Waals surface area contributed by atoms with Crippen molar-refractivity contribution in [2.75, 3.05) is 6.54 Å². The molecule has 0 fully saturated rings. The van der Waals surface area contributed by atoms with Crippen molar-refractivity contribution in [2.45, 2.75) is 13.0 Å². The highest BCUT2D eigenvalue weighted by Gasteiger charge is 2.08. The zero-order chi connectivity index (χ0) is 17.5. The third kappa shape index (κ3) is 4.67. The number of nitrogens with one attached hydrogen (secondary N) is 2. The lowest BCUT2D eigenvalue weighted by Crippen LogP contribution is -2.36. The molecule has 6 nitrogen and oxygen atoms in total. The fourth-order valence-corrected chi connectivity index (χ4v) is 2.60. The van der Waals surface area contributed by atoms with Crippen LogP contribution in [0.5, 0.6) is 0 Å². The number of rotatable bonds is 6. The smallest absolute Gasteiger partial charge is 0.315 e. The second kappa shape index (κ2) is 8.10. The van der Waals surface area contributed by atoms with Crippen LogP contribution in [-0.2, 0) is 20.0 Å². The van der Waals surface area contributed by atoms with Crippen molar-refractivity contribution in [2.24, 2.45) is 7.05 Å². The Kier molecular flexibility index (Phi) is 5.41. The van der Waals surface area contributed by atoms with Crippen molar-refractivity contribution in [3.05, 3.63) is 72.2 Å². The lowest BCUT2D eigenvalue weighted by molar-refractivity contribution is 0.240. The van der Waals surface area contributed by atoms with E-state index < -0.39 is 0 Å². The van der Waals surface area contributed by atoms with E-state index >= 15 is 0 Å². The number of aromatic nitrogens is 3. The summed E-state index contributed by atoms with van der Waals surface area (Å²) in [5, 5.41) is 10.1. The van der Waals surface area contributed by atoms with Crippen LogP contribution in [0.25, 0.3) is 11.3 Å². The Labute approximate surface area is 146 Å². The minimum absolute atomic E-state index is 0.188. The lowest BCUT2D eigenvalue weighted by atomic mass is 10.1. The Morgan fingerprint density at radius 1 is 1.08 bits per heavy atom. The minimum atomic E-state index is -0.188. The van der Waals surface area contributed by atoms with Gasteiger partial charge in [-0.3, -0.25) is 9.67 Å². The van der Waals surface area contributed by atoms with Crippen LogP contribution in [0.15, 0.2) is 60.9 Å². The van der Waals surface area contributed by atoms with Gasteiger partial charge in [0.15, 0.2) is 0 Å². The largest absolute Gasteiger partial charge is 0.338 e. The summed E-state index contributed by atoms with van der Waals surface area (Å²) in [5.41, 5.74) is 4.05. The van der Waals surface area contributed by atoms with E-state index in [0.717, 1.165) is 23.4 Å². The van der Waals surface area contributed by atoms with Gasteiger partial charge in [0.25, 0.3) is 0 Å². The number of amides is 2. The number of hydrogen-bond acceptors (Lipinski definition) is 3. The fraction of sp³-hybridized carbons (Fsp3) is 0.211.